The van der Waals surface area contributed by atoms with Gasteiger partial charge in [-0.25, -0.2) is 9.79 Å². The number of nitrogens with zero attached hydrogens (tertiary/aromatic N) is 3. The van der Waals surface area contributed by atoms with E-state index in [0.29, 0.717) is 6.54 Å². The lowest BCUT2D eigenvalue weighted by Crippen LogP contribution is -2.38. The van der Waals surface area contributed by atoms with Crippen molar-refractivity contribution in [3.63, 3.8) is 0 Å². The van der Waals surface area contributed by atoms with E-state index >= 15 is 0 Å². The van der Waals surface area contributed by atoms with Crippen LogP contribution >= 0.6 is 0 Å². The van der Waals surface area contributed by atoms with Crippen LogP contribution in [0.2, 0.25) is 0 Å². The number of rotatable bonds is 6. The molecule has 1 aliphatic heterocycles. The average Bonchev–Trinajstić information content (AvgIpc) is 3.27. The van der Waals surface area contributed by atoms with Gasteiger partial charge in [0.1, 0.15) is 0 Å². The van der Waals surface area contributed by atoms with E-state index in [1.54, 1.807) is 0 Å². The summed E-state index contributed by atoms with van der Waals surface area (Å²) >= 11 is 0. The van der Waals surface area contributed by atoms with Crippen molar-refractivity contribution in [1.82, 2.24) is 15.1 Å². The molecule has 1 saturated heterocycles. The van der Waals surface area contributed by atoms with Crippen LogP contribution in [0.1, 0.15) is 30.9 Å². The quantitative estimate of drug-likeness (QED) is 0.578. The van der Waals surface area contributed by atoms with Crippen molar-refractivity contribution in [1.29, 1.82) is 0 Å². The van der Waals surface area contributed by atoms with Crippen LogP contribution in [0.5, 0.6) is 0 Å². The first-order valence-corrected chi connectivity index (χ1v) is 10.3. The Morgan fingerprint density at radius 1 is 1.07 bits per heavy atom. The molecule has 0 unspecified atom stereocenters. The highest BCUT2D eigenvalue weighted by Gasteiger charge is 2.17. The summed E-state index contributed by atoms with van der Waals surface area (Å²) in [5, 5.41) is 6.36. The molecule has 2 aromatic rings. The largest absolute Gasteiger partial charge is 0.357 e. The molecular formula is C23H31N5O. The number of anilines is 1. The van der Waals surface area contributed by atoms with Crippen LogP contribution in [-0.2, 0) is 13.1 Å². The first-order chi connectivity index (χ1) is 14.2. The predicted molar refractivity (Wildman–Crippen MR) is 119 cm³/mol. The van der Waals surface area contributed by atoms with Gasteiger partial charge >= 0.3 is 6.03 Å². The van der Waals surface area contributed by atoms with E-state index in [9.17, 15) is 4.79 Å². The highest BCUT2D eigenvalue weighted by molar-refractivity contribution is 5.89. The molecule has 29 heavy (non-hydrogen) atoms. The summed E-state index contributed by atoms with van der Waals surface area (Å²) in [6, 6.07) is 18.3. The SMILES string of the molecule is CCNC(=NCc1cccc(NC(=O)N2CCCC2)c1)N(C)Cc1ccccc1. The maximum atomic E-state index is 12.3. The molecule has 6 heteroatoms. The molecule has 2 N–H and O–H groups in total. The highest BCUT2D eigenvalue weighted by atomic mass is 16.2. The number of aliphatic imine (C=N–C) groups is 1. The number of hydrogen-bond acceptors (Lipinski definition) is 2. The third-order valence-electron chi connectivity index (χ3n) is 4.94. The lowest BCUT2D eigenvalue weighted by molar-refractivity contribution is 0.222. The van der Waals surface area contributed by atoms with Gasteiger partial charge < -0.3 is 20.4 Å². The van der Waals surface area contributed by atoms with Crippen LogP contribution < -0.4 is 10.6 Å². The van der Waals surface area contributed by atoms with E-state index in [4.69, 9.17) is 4.99 Å². The van der Waals surface area contributed by atoms with E-state index in [-0.39, 0.29) is 6.03 Å². The van der Waals surface area contributed by atoms with Gasteiger partial charge in [0.05, 0.1) is 6.54 Å². The molecule has 1 heterocycles. The lowest BCUT2D eigenvalue weighted by Gasteiger charge is -2.22. The van der Waals surface area contributed by atoms with Gasteiger partial charge in [0.2, 0.25) is 0 Å². The number of amides is 2. The minimum Gasteiger partial charge on any atom is -0.357 e. The Balaban J connectivity index is 1.63. The molecule has 0 aliphatic carbocycles. The predicted octanol–water partition coefficient (Wildman–Crippen LogP) is 3.91. The van der Waals surface area contributed by atoms with Crippen molar-refractivity contribution in [2.24, 2.45) is 4.99 Å². The topological polar surface area (TPSA) is 60.0 Å². The Morgan fingerprint density at radius 2 is 1.79 bits per heavy atom. The summed E-state index contributed by atoms with van der Waals surface area (Å²) in [7, 11) is 2.04. The monoisotopic (exact) mass is 393 g/mol. The van der Waals surface area contributed by atoms with Gasteiger partial charge in [0.15, 0.2) is 5.96 Å². The molecule has 154 valence electrons. The fourth-order valence-corrected chi connectivity index (χ4v) is 3.44. The summed E-state index contributed by atoms with van der Waals surface area (Å²) in [6.07, 6.45) is 2.18. The van der Waals surface area contributed by atoms with Crippen LogP contribution in [-0.4, -0.2) is 48.5 Å². The normalized spacial score (nSPS) is 14.0. The number of likely N-dealkylation sites (tertiary alicyclic amines) is 1. The Hall–Kier alpha value is -3.02. The van der Waals surface area contributed by atoms with E-state index in [2.05, 4.69) is 46.7 Å². The summed E-state index contributed by atoms with van der Waals surface area (Å²) in [6.45, 7) is 5.91. The molecule has 0 spiro atoms. The molecule has 0 bridgehead atoms. The fourth-order valence-electron chi connectivity index (χ4n) is 3.44. The van der Waals surface area contributed by atoms with Gasteiger partial charge in [-0.05, 0) is 43.0 Å². The number of guanidine groups is 1. The molecule has 6 nitrogen and oxygen atoms in total. The molecule has 0 saturated carbocycles. The number of benzene rings is 2. The molecule has 0 aromatic heterocycles. The number of hydrogen-bond donors (Lipinski definition) is 2. The zero-order chi connectivity index (χ0) is 20.5. The average molecular weight is 394 g/mol. The maximum Gasteiger partial charge on any atom is 0.321 e. The Labute approximate surface area is 173 Å². The summed E-state index contributed by atoms with van der Waals surface area (Å²) in [5.41, 5.74) is 3.12. The molecule has 3 rings (SSSR count). The summed E-state index contributed by atoms with van der Waals surface area (Å²) < 4.78 is 0. The third-order valence-corrected chi connectivity index (χ3v) is 4.94. The van der Waals surface area contributed by atoms with Crippen LogP contribution in [0, 0.1) is 0 Å². The Morgan fingerprint density at radius 3 is 2.52 bits per heavy atom. The first kappa shape index (κ1) is 20.7. The van der Waals surface area contributed by atoms with Crippen LogP contribution in [0.25, 0.3) is 0 Å². The van der Waals surface area contributed by atoms with Gasteiger partial charge in [-0.1, -0.05) is 42.5 Å². The van der Waals surface area contributed by atoms with Crippen molar-refractivity contribution >= 4 is 17.7 Å². The Kier molecular flexibility index (Phi) is 7.50. The van der Waals surface area contributed by atoms with Gasteiger partial charge in [-0.2, -0.15) is 0 Å². The molecule has 1 fully saturated rings. The van der Waals surface area contributed by atoms with E-state index in [1.165, 1.54) is 5.56 Å². The van der Waals surface area contributed by atoms with Gasteiger partial charge in [0.25, 0.3) is 0 Å². The summed E-state index contributed by atoms with van der Waals surface area (Å²) in [4.78, 5) is 21.1. The van der Waals surface area contributed by atoms with Crippen molar-refractivity contribution in [2.75, 3.05) is 32.0 Å². The fraction of sp³-hybridized carbons (Fsp3) is 0.391. The molecular weight excluding hydrogens is 362 g/mol. The molecule has 0 atom stereocenters. The van der Waals surface area contributed by atoms with E-state index in [0.717, 1.165) is 56.2 Å². The molecule has 2 aromatic carbocycles. The molecule has 0 radical (unpaired) electrons. The maximum absolute atomic E-state index is 12.3. The van der Waals surface area contributed by atoms with Crippen LogP contribution in [0.4, 0.5) is 10.5 Å². The smallest absolute Gasteiger partial charge is 0.321 e. The van der Waals surface area contributed by atoms with Gasteiger partial charge in [0, 0.05) is 38.9 Å². The van der Waals surface area contributed by atoms with Crippen LogP contribution in [0.15, 0.2) is 59.6 Å². The Bertz CT molecular complexity index is 815. The first-order valence-electron chi connectivity index (χ1n) is 10.3. The van der Waals surface area contributed by atoms with Crippen molar-refractivity contribution < 1.29 is 4.79 Å². The van der Waals surface area contributed by atoms with Crippen LogP contribution in [0.3, 0.4) is 0 Å². The highest BCUT2D eigenvalue weighted by Crippen LogP contribution is 2.15. The number of nitrogens with one attached hydrogen (secondary N) is 2. The van der Waals surface area contributed by atoms with E-state index < -0.39 is 0 Å². The zero-order valence-electron chi connectivity index (χ0n) is 17.4. The van der Waals surface area contributed by atoms with Gasteiger partial charge in [-0.15, -0.1) is 0 Å². The minimum absolute atomic E-state index is 0.0147. The third kappa shape index (κ3) is 6.24. The lowest BCUT2D eigenvalue weighted by atomic mass is 10.2. The molecule has 2 amide bonds. The number of carbonyl (C=O) groups is 1. The van der Waals surface area contributed by atoms with Gasteiger partial charge in [-0.3, -0.25) is 0 Å². The second-order valence-electron chi connectivity index (χ2n) is 7.34. The van der Waals surface area contributed by atoms with Crippen molar-refractivity contribution in [2.45, 2.75) is 32.9 Å². The molecule has 1 aliphatic rings. The second-order valence-corrected chi connectivity index (χ2v) is 7.34. The standard InChI is InChI=1S/C23H31N5O/c1-3-24-22(27(2)18-19-10-5-4-6-11-19)25-17-20-12-9-13-21(16-20)26-23(29)28-14-7-8-15-28/h4-6,9-13,16H,3,7-8,14-15,17-18H2,1-2H3,(H,24,25)(H,26,29). The second kappa shape index (κ2) is 10.5. The van der Waals surface area contributed by atoms with Crippen molar-refractivity contribution in [3.8, 4) is 0 Å². The van der Waals surface area contributed by atoms with E-state index in [1.807, 2.05) is 42.3 Å². The summed E-state index contributed by atoms with van der Waals surface area (Å²) in [5.74, 6) is 0.864. The minimum atomic E-state index is -0.0147. The number of urea groups is 1. The zero-order valence-corrected chi connectivity index (χ0v) is 17.4. The number of carbonyl (C=O) groups excluding carboxylic acids is 1. The van der Waals surface area contributed by atoms with Crippen molar-refractivity contribution in [3.05, 3.63) is 65.7 Å².